The average Bonchev–Trinajstić information content (AvgIpc) is 2.76. The SMILES string of the molecule is CC1CN(C(=O)Cn2cc(N)ccc2=O)CC1N(C)C. The number of nitrogens with two attached hydrogens (primary N) is 1. The molecule has 1 aliphatic rings. The highest BCUT2D eigenvalue weighted by Gasteiger charge is 2.33. The van der Waals surface area contributed by atoms with Crippen molar-refractivity contribution in [3.05, 3.63) is 28.7 Å². The van der Waals surface area contributed by atoms with E-state index in [1.54, 1.807) is 6.07 Å². The zero-order chi connectivity index (χ0) is 14.9. The molecular formula is C14H22N4O2. The summed E-state index contributed by atoms with van der Waals surface area (Å²) in [5.74, 6) is 0.403. The molecule has 2 atom stereocenters. The second kappa shape index (κ2) is 5.66. The van der Waals surface area contributed by atoms with Crippen LogP contribution in [0, 0.1) is 5.92 Å². The number of likely N-dealkylation sites (N-methyl/N-ethyl adjacent to an activating group) is 1. The summed E-state index contributed by atoms with van der Waals surface area (Å²) in [5, 5.41) is 0. The molecule has 0 radical (unpaired) electrons. The summed E-state index contributed by atoms with van der Waals surface area (Å²) in [5.41, 5.74) is 5.93. The molecule has 1 aromatic heterocycles. The van der Waals surface area contributed by atoms with Crippen LogP contribution in [0.5, 0.6) is 0 Å². The van der Waals surface area contributed by atoms with Crippen molar-refractivity contribution in [2.45, 2.75) is 19.5 Å². The molecular weight excluding hydrogens is 256 g/mol. The Hall–Kier alpha value is -1.82. The summed E-state index contributed by atoms with van der Waals surface area (Å²) in [6.07, 6.45) is 1.52. The van der Waals surface area contributed by atoms with Gasteiger partial charge in [-0.2, -0.15) is 0 Å². The van der Waals surface area contributed by atoms with Gasteiger partial charge in [-0.3, -0.25) is 9.59 Å². The van der Waals surface area contributed by atoms with Crippen LogP contribution in [0.3, 0.4) is 0 Å². The van der Waals surface area contributed by atoms with Gasteiger partial charge in [-0.05, 0) is 26.1 Å². The maximum Gasteiger partial charge on any atom is 0.251 e. The van der Waals surface area contributed by atoms with Crippen molar-refractivity contribution in [2.24, 2.45) is 5.92 Å². The van der Waals surface area contributed by atoms with Crippen molar-refractivity contribution in [3.8, 4) is 0 Å². The van der Waals surface area contributed by atoms with Crippen LogP contribution in [-0.2, 0) is 11.3 Å². The third-order valence-electron chi connectivity index (χ3n) is 3.90. The number of hydrogen-bond donors (Lipinski definition) is 1. The van der Waals surface area contributed by atoms with Crippen molar-refractivity contribution in [1.82, 2.24) is 14.4 Å². The molecule has 0 saturated carbocycles. The number of amides is 1. The van der Waals surface area contributed by atoms with Crippen LogP contribution in [0.25, 0.3) is 0 Å². The number of anilines is 1. The second-order valence-electron chi connectivity index (χ2n) is 5.74. The number of rotatable bonds is 3. The van der Waals surface area contributed by atoms with Gasteiger partial charge in [0.1, 0.15) is 6.54 Å². The van der Waals surface area contributed by atoms with Crippen molar-refractivity contribution < 1.29 is 4.79 Å². The molecule has 110 valence electrons. The summed E-state index contributed by atoms with van der Waals surface area (Å²) in [6, 6.07) is 3.30. The standard InChI is InChI=1S/C14H22N4O2/c1-10-6-17(8-12(10)16(2)3)14(20)9-18-7-11(15)4-5-13(18)19/h4-5,7,10,12H,6,8-9,15H2,1-3H3. The van der Waals surface area contributed by atoms with E-state index in [1.165, 1.54) is 16.8 Å². The number of carbonyl (C=O) groups excluding carboxylic acids is 1. The first kappa shape index (κ1) is 14.6. The van der Waals surface area contributed by atoms with Gasteiger partial charge in [-0.1, -0.05) is 6.92 Å². The first-order valence-electron chi connectivity index (χ1n) is 6.78. The van der Waals surface area contributed by atoms with Crippen LogP contribution < -0.4 is 11.3 Å². The Kier molecular flexibility index (Phi) is 4.13. The van der Waals surface area contributed by atoms with E-state index in [-0.39, 0.29) is 18.0 Å². The number of nitrogens with zero attached hydrogens (tertiary/aromatic N) is 3. The first-order chi connectivity index (χ1) is 9.38. The molecule has 6 heteroatoms. The number of nitrogen functional groups attached to an aromatic ring is 1. The third kappa shape index (κ3) is 3.01. The van der Waals surface area contributed by atoms with Gasteiger partial charge < -0.3 is 20.1 Å². The molecule has 0 spiro atoms. The van der Waals surface area contributed by atoms with Gasteiger partial charge in [0, 0.05) is 37.1 Å². The van der Waals surface area contributed by atoms with Crippen molar-refractivity contribution in [1.29, 1.82) is 0 Å². The Bertz CT molecular complexity index is 552. The van der Waals surface area contributed by atoms with E-state index < -0.39 is 0 Å². The van der Waals surface area contributed by atoms with E-state index >= 15 is 0 Å². The molecule has 1 aliphatic heterocycles. The summed E-state index contributed by atoms with van der Waals surface area (Å²) in [6.45, 7) is 3.64. The summed E-state index contributed by atoms with van der Waals surface area (Å²) in [7, 11) is 4.05. The van der Waals surface area contributed by atoms with Crippen molar-refractivity contribution >= 4 is 11.6 Å². The van der Waals surface area contributed by atoms with Gasteiger partial charge in [0.05, 0.1) is 0 Å². The first-order valence-corrected chi connectivity index (χ1v) is 6.78. The maximum absolute atomic E-state index is 12.3. The van der Waals surface area contributed by atoms with Gasteiger partial charge in [-0.15, -0.1) is 0 Å². The van der Waals surface area contributed by atoms with E-state index in [0.717, 1.165) is 6.54 Å². The molecule has 2 N–H and O–H groups in total. The number of carbonyl (C=O) groups is 1. The van der Waals surface area contributed by atoms with E-state index in [0.29, 0.717) is 24.2 Å². The van der Waals surface area contributed by atoms with E-state index in [1.807, 2.05) is 19.0 Å². The Morgan fingerprint density at radius 1 is 1.40 bits per heavy atom. The van der Waals surface area contributed by atoms with Gasteiger partial charge >= 0.3 is 0 Å². The zero-order valence-corrected chi connectivity index (χ0v) is 12.2. The molecule has 2 heterocycles. The highest BCUT2D eigenvalue weighted by molar-refractivity contribution is 5.76. The van der Waals surface area contributed by atoms with Crippen LogP contribution in [0.2, 0.25) is 0 Å². The lowest BCUT2D eigenvalue weighted by Gasteiger charge is -2.22. The molecule has 1 aromatic rings. The predicted octanol–water partition coefficient (Wildman–Crippen LogP) is -0.161. The lowest BCUT2D eigenvalue weighted by atomic mass is 10.1. The quantitative estimate of drug-likeness (QED) is 0.834. The average molecular weight is 278 g/mol. The summed E-state index contributed by atoms with van der Waals surface area (Å²) in [4.78, 5) is 28.0. The molecule has 1 saturated heterocycles. The van der Waals surface area contributed by atoms with Gasteiger partial charge in [-0.25, -0.2) is 0 Å². The number of pyridine rings is 1. The van der Waals surface area contributed by atoms with Crippen LogP contribution in [-0.4, -0.2) is 53.5 Å². The van der Waals surface area contributed by atoms with Crippen molar-refractivity contribution in [2.75, 3.05) is 32.9 Å². The van der Waals surface area contributed by atoms with Gasteiger partial charge in [0.25, 0.3) is 5.56 Å². The molecule has 1 fully saturated rings. The fraction of sp³-hybridized carbons (Fsp3) is 0.571. The zero-order valence-electron chi connectivity index (χ0n) is 12.2. The lowest BCUT2D eigenvalue weighted by molar-refractivity contribution is -0.131. The molecule has 2 unspecified atom stereocenters. The molecule has 0 aromatic carbocycles. The molecule has 0 aliphatic carbocycles. The lowest BCUT2D eigenvalue weighted by Crippen LogP contribution is -2.38. The fourth-order valence-electron chi connectivity index (χ4n) is 2.74. The highest BCUT2D eigenvalue weighted by Crippen LogP contribution is 2.20. The van der Waals surface area contributed by atoms with E-state index in [2.05, 4.69) is 11.8 Å². The fourth-order valence-corrected chi connectivity index (χ4v) is 2.74. The molecule has 6 nitrogen and oxygen atoms in total. The molecule has 20 heavy (non-hydrogen) atoms. The second-order valence-corrected chi connectivity index (χ2v) is 5.74. The minimum Gasteiger partial charge on any atom is -0.398 e. The maximum atomic E-state index is 12.3. The normalized spacial score (nSPS) is 22.5. The van der Waals surface area contributed by atoms with Crippen LogP contribution in [0.15, 0.2) is 23.1 Å². The minimum atomic E-state index is -0.205. The van der Waals surface area contributed by atoms with Crippen LogP contribution >= 0.6 is 0 Å². The van der Waals surface area contributed by atoms with Gasteiger partial charge in [0.15, 0.2) is 0 Å². The Morgan fingerprint density at radius 3 is 2.70 bits per heavy atom. The summed E-state index contributed by atoms with van der Waals surface area (Å²) >= 11 is 0. The predicted molar refractivity (Wildman–Crippen MR) is 78.3 cm³/mol. The number of hydrogen-bond acceptors (Lipinski definition) is 4. The minimum absolute atomic E-state index is 0.0334. The van der Waals surface area contributed by atoms with Crippen molar-refractivity contribution in [3.63, 3.8) is 0 Å². The number of likely N-dealkylation sites (tertiary alicyclic amines) is 1. The molecule has 2 rings (SSSR count). The van der Waals surface area contributed by atoms with Gasteiger partial charge in [0.2, 0.25) is 5.91 Å². The molecule has 1 amide bonds. The Morgan fingerprint density at radius 2 is 2.10 bits per heavy atom. The topological polar surface area (TPSA) is 71.6 Å². The largest absolute Gasteiger partial charge is 0.398 e. The molecule has 0 bridgehead atoms. The third-order valence-corrected chi connectivity index (χ3v) is 3.90. The van der Waals surface area contributed by atoms with Crippen LogP contribution in [0.1, 0.15) is 6.92 Å². The van der Waals surface area contributed by atoms with E-state index in [4.69, 9.17) is 5.73 Å². The smallest absolute Gasteiger partial charge is 0.251 e. The Labute approximate surface area is 118 Å². The Balaban J connectivity index is 2.06. The summed E-state index contributed by atoms with van der Waals surface area (Å²) < 4.78 is 1.37. The number of aromatic nitrogens is 1. The van der Waals surface area contributed by atoms with Crippen LogP contribution in [0.4, 0.5) is 5.69 Å². The monoisotopic (exact) mass is 278 g/mol. The van der Waals surface area contributed by atoms with E-state index in [9.17, 15) is 9.59 Å². The highest BCUT2D eigenvalue weighted by atomic mass is 16.2.